The number of halogens is 1. The first-order valence-electron chi connectivity index (χ1n) is 9.57. The van der Waals surface area contributed by atoms with Crippen LogP contribution in [0.3, 0.4) is 0 Å². The minimum absolute atomic E-state index is 0.0286. The number of rotatable bonds is 8. The van der Waals surface area contributed by atoms with Crippen LogP contribution in [-0.2, 0) is 11.2 Å². The molecule has 1 unspecified atom stereocenters. The second-order valence-corrected chi connectivity index (χ2v) is 7.96. The molecule has 0 saturated heterocycles. The number of thioether (sulfide) groups is 1. The maximum Gasteiger partial charge on any atom is 0.230 e. The predicted octanol–water partition coefficient (Wildman–Crippen LogP) is 4.82. The summed E-state index contributed by atoms with van der Waals surface area (Å²) in [5.41, 5.74) is 2.66. The molecule has 1 aromatic heterocycles. The van der Waals surface area contributed by atoms with Gasteiger partial charge in [-0.3, -0.25) is 4.79 Å². The molecular formula is C23H24FN3OS. The highest BCUT2D eigenvalue weighted by molar-refractivity contribution is 7.99. The highest BCUT2D eigenvalue weighted by Gasteiger charge is 2.11. The average molecular weight is 410 g/mol. The summed E-state index contributed by atoms with van der Waals surface area (Å²) >= 11 is 1.36. The van der Waals surface area contributed by atoms with Crippen LogP contribution < -0.4 is 5.32 Å². The largest absolute Gasteiger partial charge is 0.353 e. The Bertz CT molecular complexity index is 965. The first-order valence-corrected chi connectivity index (χ1v) is 10.6. The van der Waals surface area contributed by atoms with Crippen molar-refractivity contribution in [1.82, 2.24) is 15.3 Å². The quantitative estimate of drug-likeness (QED) is 0.428. The molecule has 4 nitrogen and oxygen atoms in total. The Hall–Kier alpha value is -2.73. The van der Waals surface area contributed by atoms with Gasteiger partial charge in [-0.1, -0.05) is 54.2 Å². The molecule has 0 spiro atoms. The molecule has 0 radical (unpaired) electrons. The molecule has 6 heteroatoms. The predicted molar refractivity (Wildman–Crippen MR) is 115 cm³/mol. The van der Waals surface area contributed by atoms with Crippen LogP contribution in [-0.4, -0.2) is 27.7 Å². The number of benzene rings is 2. The molecule has 3 rings (SSSR count). The van der Waals surface area contributed by atoms with Gasteiger partial charge in [-0.05, 0) is 50.5 Å². The van der Waals surface area contributed by atoms with Crippen LogP contribution in [0.1, 0.15) is 24.6 Å². The van der Waals surface area contributed by atoms with E-state index < -0.39 is 0 Å². The average Bonchev–Trinajstić information content (AvgIpc) is 2.71. The highest BCUT2D eigenvalue weighted by atomic mass is 32.2. The molecule has 1 heterocycles. The monoisotopic (exact) mass is 409 g/mol. The Labute approximate surface area is 175 Å². The van der Waals surface area contributed by atoms with E-state index in [0.29, 0.717) is 16.4 Å². The van der Waals surface area contributed by atoms with Gasteiger partial charge in [-0.25, -0.2) is 14.4 Å². The summed E-state index contributed by atoms with van der Waals surface area (Å²) in [7, 11) is 0. The molecule has 1 N–H and O–H groups in total. The number of hydrogen-bond acceptors (Lipinski definition) is 4. The molecule has 0 bridgehead atoms. The lowest BCUT2D eigenvalue weighted by molar-refractivity contribution is -0.119. The van der Waals surface area contributed by atoms with Gasteiger partial charge in [0.25, 0.3) is 0 Å². The van der Waals surface area contributed by atoms with Crippen LogP contribution in [0.25, 0.3) is 11.4 Å². The van der Waals surface area contributed by atoms with Crippen molar-refractivity contribution in [2.24, 2.45) is 0 Å². The summed E-state index contributed by atoms with van der Waals surface area (Å²) in [5.74, 6) is 0.378. The number of aryl methyl sites for hydroxylation is 2. The van der Waals surface area contributed by atoms with Gasteiger partial charge in [0, 0.05) is 17.3 Å². The van der Waals surface area contributed by atoms with Crippen molar-refractivity contribution in [3.05, 3.63) is 77.7 Å². The van der Waals surface area contributed by atoms with E-state index >= 15 is 0 Å². The Morgan fingerprint density at radius 2 is 1.90 bits per heavy atom. The van der Waals surface area contributed by atoms with Crippen LogP contribution in [0.4, 0.5) is 4.39 Å². The Kier molecular flexibility index (Phi) is 7.36. The molecule has 1 amide bonds. The van der Waals surface area contributed by atoms with Gasteiger partial charge in [0.1, 0.15) is 10.8 Å². The molecule has 29 heavy (non-hydrogen) atoms. The van der Waals surface area contributed by atoms with Crippen LogP contribution in [0.15, 0.2) is 65.7 Å². The van der Waals surface area contributed by atoms with Crippen LogP contribution >= 0.6 is 11.8 Å². The van der Waals surface area contributed by atoms with Crippen molar-refractivity contribution < 1.29 is 9.18 Å². The van der Waals surface area contributed by atoms with E-state index in [1.165, 1.54) is 29.5 Å². The SMILES string of the molecule is Cc1cc(SCC(=O)NC(C)CCc2ccccc2)nc(-c2cccc(F)c2)n1. The normalized spacial score (nSPS) is 11.8. The molecule has 2 aromatic carbocycles. The van der Waals surface area contributed by atoms with E-state index in [0.717, 1.165) is 18.5 Å². The second-order valence-electron chi connectivity index (χ2n) is 6.96. The summed E-state index contributed by atoms with van der Waals surface area (Å²) in [6.07, 6.45) is 1.81. The third-order valence-electron chi connectivity index (χ3n) is 4.38. The van der Waals surface area contributed by atoms with Crippen molar-refractivity contribution in [2.75, 3.05) is 5.75 Å². The van der Waals surface area contributed by atoms with Gasteiger partial charge in [-0.2, -0.15) is 0 Å². The minimum Gasteiger partial charge on any atom is -0.353 e. The fourth-order valence-corrected chi connectivity index (χ4v) is 3.69. The summed E-state index contributed by atoms with van der Waals surface area (Å²) in [6.45, 7) is 3.88. The maximum absolute atomic E-state index is 13.5. The van der Waals surface area contributed by atoms with Crippen molar-refractivity contribution in [3.63, 3.8) is 0 Å². The maximum atomic E-state index is 13.5. The van der Waals surface area contributed by atoms with Gasteiger partial charge >= 0.3 is 0 Å². The third-order valence-corrected chi connectivity index (χ3v) is 5.29. The first-order chi connectivity index (χ1) is 14.0. The number of amides is 1. The molecule has 0 fully saturated rings. The molecule has 3 aromatic rings. The molecule has 0 saturated carbocycles. The van der Waals surface area contributed by atoms with E-state index in [4.69, 9.17) is 0 Å². The zero-order valence-corrected chi connectivity index (χ0v) is 17.4. The van der Waals surface area contributed by atoms with E-state index in [9.17, 15) is 9.18 Å². The van der Waals surface area contributed by atoms with Gasteiger partial charge in [0.15, 0.2) is 5.82 Å². The Balaban J connectivity index is 1.53. The zero-order chi connectivity index (χ0) is 20.6. The molecule has 150 valence electrons. The third kappa shape index (κ3) is 6.68. The number of hydrogen-bond donors (Lipinski definition) is 1. The van der Waals surface area contributed by atoms with Gasteiger partial charge in [-0.15, -0.1) is 0 Å². The van der Waals surface area contributed by atoms with E-state index in [-0.39, 0.29) is 23.5 Å². The van der Waals surface area contributed by atoms with Crippen LogP contribution in [0.5, 0.6) is 0 Å². The molecule has 0 aliphatic carbocycles. The minimum atomic E-state index is -0.328. The van der Waals surface area contributed by atoms with Crippen LogP contribution in [0, 0.1) is 12.7 Å². The van der Waals surface area contributed by atoms with Crippen molar-refractivity contribution in [2.45, 2.75) is 37.8 Å². The van der Waals surface area contributed by atoms with Crippen molar-refractivity contribution in [1.29, 1.82) is 0 Å². The summed E-state index contributed by atoms with van der Waals surface area (Å²) in [6, 6.07) is 18.4. The number of nitrogens with zero attached hydrogens (tertiary/aromatic N) is 2. The molecule has 0 aliphatic rings. The number of carbonyl (C=O) groups is 1. The van der Waals surface area contributed by atoms with Gasteiger partial charge in [0.05, 0.1) is 5.75 Å². The first kappa shape index (κ1) is 21.0. The van der Waals surface area contributed by atoms with E-state index in [1.807, 2.05) is 38.1 Å². The number of nitrogens with one attached hydrogen (secondary N) is 1. The van der Waals surface area contributed by atoms with Gasteiger partial charge in [0.2, 0.25) is 5.91 Å². The van der Waals surface area contributed by atoms with Crippen LogP contribution in [0.2, 0.25) is 0 Å². The fraction of sp³-hybridized carbons (Fsp3) is 0.261. The lowest BCUT2D eigenvalue weighted by Crippen LogP contribution is -2.34. The fourth-order valence-electron chi connectivity index (χ4n) is 2.93. The summed E-state index contributed by atoms with van der Waals surface area (Å²) in [5, 5.41) is 3.73. The van der Waals surface area contributed by atoms with E-state index in [1.54, 1.807) is 12.1 Å². The van der Waals surface area contributed by atoms with Gasteiger partial charge < -0.3 is 5.32 Å². The number of aromatic nitrogens is 2. The summed E-state index contributed by atoms with van der Waals surface area (Å²) in [4.78, 5) is 21.2. The zero-order valence-electron chi connectivity index (χ0n) is 16.6. The molecular weight excluding hydrogens is 385 g/mol. The lowest BCUT2D eigenvalue weighted by Gasteiger charge is -2.14. The topological polar surface area (TPSA) is 54.9 Å². The second kappa shape index (κ2) is 10.2. The van der Waals surface area contributed by atoms with Crippen molar-refractivity contribution >= 4 is 17.7 Å². The standard InChI is InChI=1S/C23H24FN3OS/c1-16(11-12-18-7-4-3-5-8-18)25-21(28)15-29-22-13-17(2)26-23(27-22)19-9-6-10-20(24)14-19/h3-10,13-14,16H,11-12,15H2,1-2H3,(H,25,28). The smallest absolute Gasteiger partial charge is 0.230 e. The lowest BCUT2D eigenvalue weighted by atomic mass is 10.1. The number of carbonyl (C=O) groups excluding carboxylic acids is 1. The molecule has 0 aliphatic heterocycles. The molecule has 1 atom stereocenters. The highest BCUT2D eigenvalue weighted by Crippen LogP contribution is 2.22. The summed E-state index contributed by atoms with van der Waals surface area (Å²) < 4.78 is 13.5. The van der Waals surface area contributed by atoms with E-state index in [2.05, 4.69) is 27.4 Å². The van der Waals surface area contributed by atoms with Crippen molar-refractivity contribution in [3.8, 4) is 11.4 Å². The Morgan fingerprint density at radius 3 is 2.66 bits per heavy atom. The Morgan fingerprint density at radius 1 is 1.10 bits per heavy atom.